The number of amides is 2. The zero-order valence-electron chi connectivity index (χ0n) is 18.2. The van der Waals surface area contributed by atoms with Gasteiger partial charge < -0.3 is 15.1 Å². The van der Waals surface area contributed by atoms with Crippen molar-refractivity contribution in [3.8, 4) is 0 Å². The minimum absolute atomic E-state index is 0.0247. The van der Waals surface area contributed by atoms with Crippen molar-refractivity contribution in [3.63, 3.8) is 0 Å². The van der Waals surface area contributed by atoms with Gasteiger partial charge in [-0.15, -0.1) is 0 Å². The van der Waals surface area contributed by atoms with Gasteiger partial charge in [0.15, 0.2) is 0 Å². The van der Waals surface area contributed by atoms with Crippen LogP contribution in [0.2, 0.25) is 0 Å². The first kappa shape index (κ1) is 22.4. The molecule has 6 nitrogen and oxygen atoms in total. The van der Waals surface area contributed by atoms with Crippen LogP contribution in [0.25, 0.3) is 0 Å². The molecular weight excluding hydrogens is 426 g/mol. The van der Waals surface area contributed by atoms with Gasteiger partial charge in [0.2, 0.25) is 0 Å². The Kier molecular flexibility index (Phi) is 6.63. The first-order valence-electron chi connectivity index (χ1n) is 10.7. The highest BCUT2D eigenvalue weighted by Gasteiger charge is 2.21. The van der Waals surface area contributed by atoms with Crippen LogP contribution in [0.4, 0.5) is 20.3 Å². The number of hydrogen-bond donors (Lipinski definition) is 1. The maximum absolute atomic E-state index is 13.3. The minimum Gasteiger partial charge on any atom is -0.355 e. The molecule has 170 valence electrons. The van der Waals surface area contributed by atoms with E-state index >= 15 is 0 Å². The fraction of sp³-hybridized carbons (Fsp3) is 0.240. The summed E-state index contributed by atoms with van der Waals surface area (Å²) in [6.07, 6.45) is 2.31. The van der Waals surface area contributed by atoms with E-state index in [1.54, 1.807) is 12.1 Å². The number of aromatic nitrogens is 1. The highest BCUT2D eigenvalue weighted by molar-refractivity contribution is 6.04. The summed E-state index contributed by atoms with van der Waals surface area (Å²) in [5, 5.41) is 2.59. The van der Waals surface area contributed by atoms with Crippen molar-refractivity contribution in [2.24, 2.45) is 0 Å². The summed E-state index contributed by atoms with van der Waals surface area (Å²) in [7, 11) is 0. The zero-order chi connectivity index (χ0) is 23.4. The fourth-order valence-corrected chi connectivity index (χ4v) is 3.76. The molecule has 2 heterocycles. The first-order chi connectivity index (χ1) is 15.9. The van der Waals surface area contributed by atoms with Gasteiger partial charge in [-0.1, -0.05) is 17.7 Å². The molecule has 1 aromatic heterocycles. The van der Waals surface area contributed by atoms with E-state index in [-0.39, 0.29) is 11.5 Å². The number of pyridine rings is 1. The largest absolute Gasteiger partial charge is 0.355 e. The van der Waals surface area contributed by atoms with E-state index in [0.29, 0.717) is 37.0 Å². The lowest BCUT2D eigenvalue weighted by Gasteiger charge is -2.23. The number of anilines is 2. The van der Waals surface area contributed by atoms with Gasteiger partial charge >= 0.3 is 0 Å². The average molecular weight is 450 g/mol. The number of rotatable bonds is 4. The third-order valence-corrected chi connectivity index (χ3v) is 5.54. The Balaban J connectivity index is 1.37. The second-order valence-corrected chi connectivity index (χ2v) is 8.02. The van der Waals surface area contributed by atoms with Gasteiger partial charge in [0.1, 0.15) is 17.5 Å². The molecule has 0 atom stereocenters. The molecule has 2 aromatic carbocycles. The molecule has 1 aliphatic rings. The third-order valence-electron chi connectivity index (χ3n) is 5.54. The van der Waals surface area contributed by atoms with Crippen LogP contribution in [-0.4, -0.2) is 47.9 Å². The number of hydrogen-bond acceptors (Lipinski definition) is 4. The molecule has 8 heteroatoms. The zero-order valence-corrected chi connectivity index (χ0v) is 18.2. The first-order valence-corrected chi connectivity index (χ1v) is 10.7. The van der Waals surface area contributed by atoms with Crippen LogP contribution in [0.3, 0.4) is 0 Å². The van der Waals surface area contributed by atoms with Crippen molar-refractivity contribution in [1.29, 1.82) is 0 Å². The summed E-state index contributed by atoms with van der Waals surface area (Å²) < 4.78 is 26.7. The van der Waals surface area contributed by atoms with E-state index in [1.807, 2.05) is 36.1 Å². The van der Waals surface area contributed by atoms with Gasteiger partial charge in [-0.05, 0) is 49.7 Å². The molecular formula is C25H24F2N4O2. The number of carbonyl (C=O) groups excluding carboxylic acids is 2. The van der Waals surface area contributed by atoms with Crippen molar-refractivity contribution in [2.45, 2.75) is 13.3 Å². The van der Waals surface area contributed by atoms with Crippen LogP contribution in [0.15, 0.2) is 60.8 Å². The van der Waals surface area contributed by atoms with Crippen LogP contribution < -0.4 is 10.2 Å². The van der Waals surface area contributed by atoms with E-state index < -0.39 is 17.5 Å². The summed E-state index contributed by atoms with van der Waals surface area (Å²) >= 11 is 0. The summed E-state index contributed by atoms with van der Waals surface area (Å²) in [5.74, 6) is -1.50. The molecule has 0 bridgehead atoms. The normalized spacial score (nSPS) is 14.0. The molecule has 0 saturated carbocycles. The number of nitrogens with one attached hydrogen (secondary N) is 1. The highest BCUT2D eigenvalue weighted by Crippen LogP contribution is 2.18. The molecule has 3 aromatic rings. The molecule has 1 N–H and O–H groups in total. The molecule has 2 amide bonds. The lowest BCUT2D eigenvalue weighted by Crippen LogP contribution is -2.35. The molecule has 0 aliphatic carbocycles. The summed E-state index contributed by atoms with van der Waals surface area (Å²) in [6, 6.07) is 13.7. The molecule has 0 radical (unpaired) electrons. The SMILES string of the molecule is Cc1ccc(C(=O)N2CCCN(c3ccc(NC(=O)c4cc(F)cc(F)c4)cn3)CC2)cc1. The predicted molar refractivity (Wildman–Crippen MR) is 122 cm³/mol. The Morgan fingerprint density at radius 2 is 1.61 bits per heavy atom. The van der Waals surface area contributed by atoms with Crippen molar-refractivity contribution >= 4 is 23.3 Å². The second kappa shape index (κ2) is 9.77. The smallest absolute Gasteiger partial charge is 0.255 e. The van der Waals surface area contributed by atoms with Gasteiger partial charge in [0.25, 0.3) is 11.8 Å². The van der Waals surface area contributed by atoms with Crippen LogP contribution in [0, 0.1) is 18.6 Å². The van der Waals surface area contributed by atoms with Gasteiger partial charge in [0.05, 0.1) is 11.9 Å². The van der Waals surface area contributed by atoms with Crippen molar-refractivity contribution in [2.75, 3.05) is 36.4 Å². The lowest BCUT2D eigenvalue weighted by atomic mass is 10.1. The van der Waals surface area contributed by atoms with Crippen molar-refractivity contribution in [1.82, 2.24) is 9.88 Å². The van der Waals surface area contributed by atoms with Gasteiger partial charge in [-0.2, -0.15) is 0 Å². The van der Waals surface area contributed by atoms with E-state index in [2.05, 4.69) is 15.2 Å². The summed E-state index contributed by atoms with van der Waals surface area (Å²) in [5.41, 5.74) is 2.11. The van der Waals surface area contributed by atoms with Crippen molar-refractivity contribution in [3.05, 3.63) is 89.1 Å². The highest BCUT2D eigenvalue weighted by atomic mass is 19.1. The Labute approximate surface area is 190 Å². The van der Waals surface area contributed by atoms with Crippen LogP contribution in [-0.2, 0) is 0 Å². The molecule has 1 fully saturated rings. The molecule has 1 aliphatic heterocycles. The third kappa shape index (κ3) is 5.52. The average Bonchev–Trinajstić information content (AvgIpc) is 3.05. The van der Waals surface area contributed by atoms with Gasteiger partial charge in [-0.25, -0.2) is 13.8 Å². The van der Waals surface area contributed by atoms with E-state index in [9.17, 15) is 18.4 Å². The Hall–Kier alpha value is -3.81. The van der Waals surface area contributed by atoms with Crippen LogP contribution in [0.5, 0.6) is 0 Å². The lowest BCUT2D eigenvalue weighted by molar-refractivity contribution is 0.0767. The van der Waals surface area contributed by atoms with Crippen LogP contribution in [0.1, 0.15) is 32.7 Å². The van der Waals surface area contributed by atoms with Crippen molar-refractivity contribution < 1.29 is 18.4 Å². The van der Waals surface area contributed by atoms with Gasteiger partial charge in [0, 0.05) is 43.4 Å². The molecule has 0 unspecified atom stereocenters. The monoisotopic (exact) mass is 450 g/mol. The number of nitrogens with zero attached hydrogens (tertiary/aromatic N) is 3. The topological polar surface area (TPSA) is 65.5 Å². The Bertz CT molecular complexity index is 1130. The molecule has 0 spiro atoms. The molecule has 33 heavy (non-hydrogen) atoms. The van der Waals surface area contributed by atoms with E-state index in [0.717, 1.165) is 36.5 Å². The number of aryl methyl sites for hydroxylation is 1. The standard InChI is InChI=1S/C25H24F2N4O2/c1-17-3-5-18(6-4-17)25(33)31-10-2-9-30(11-12-31)23-8-7-22(16-28-23)29-24(32)19-13-20(26)15-21(27)14-19/h3-8,13-16H,2,9-12H2,1H3,(H,29,32). The maximum atomic E-state index is 13.3. The maximum Gasteiger partial charge on any atom is 0.255 e. The Morgan fingerprint density at radius 3 is 2.27 bits per heavy atom. The number of halogens is 2. The molecule has 1 saturated heterocycles. The Morgan fingerprint density at radius 1 is 0.879 bits per heavy atom. The second-order valence-electron chi connectivity index (χ2n) is 8.02. The van der Waals surface area contributed by atoms with Gasteiger partial charge in [-0.3, -0.25) is 9.59 Å². The fourth-order valence-electron chi connectivity index (χ4n) is 3.76. The predicted octanol–water partition coefficient (Wildman–Crippen LogP) is 4.27. The minimum atomic E-state index is -0.815. The number of carbonyl (C=O) groups is 2. The van der Waals surface area contributed by atoms with E-state index in [1.165, 1.54) is 6.20 Å². The summed E-state index contributed by atoms with van der Waals surface area (Å²) in [4.78, 5) is 33.5. The quantitative estimate of drug-likeness (QED) is 0.645. The van der Waals surface area contributed by atoms with E-state index in [4.69, 9.17) is 0 Å². The summed E-state index contributed by atoms with van der Waals surface area (Å²) in [6.45, 7) is 4.63. The van der Waals surface area contributed by atoms with Crippen LogP contribution >= 0.6 is 0 Å². The molecule has 4 rings (SSSR count). The number of benzene rings is 2.